The van der Waals surface area contributed by atoms with Crippen LogP contribution in [0.2, 0.25) is 0 Å². The maximum Gasteiger partial charge on any atom is 0.239 e. The second-order valence-corrected chi connectivity index (χ2v) is 9.17. The summed E-state index contributed by atoms with van der Waals surface area (Å²) in [4.78, 5) is 21.4. The zero-order valence-corrected chi connectivity index (χ0v) is 18.6. The molecule has 1 amide bonds. The number of fused-ring (bicyclic) bond motifs is 1. The van der Waals surface area contributed by atoms with Crippen molar-refractivity contribution in [3.8, 4) is 0 Å². The third-order valence-corrected chi connectivity index (χ3v) is 4.97. The molecule has 0 aliphatic carbocycles. The number of imidazole rings is 1. The van der Waals surface area contributed by atoms with Crippen LogP contribution < -0.4 is 10.2 Å². The third-order valence-electron chi connectivity index (χ3n) is 4.97. The molecule has 2 N–H and O–H groups in total. The van der Waals surface area contributed by atoms with Crippen molar-refractivity contribution in [2.45, 2.75) is 59.1 Å². The van der Waals surface area contributed by atoms with Crippen molar-refractivity contribution in [1.29, 1.82) is 0 Å². The summed E-state index contributed by atoms with van der Waals surface area (Å²) >= 11 is 0. The Labute approximate surface area is 178 Å². The standard InChI is InChI=1S/C21H34N6O3/c1-15(2)14-16(23-20(29)30-21(3,4)5)19(28)26-12-10-25(11-13-26)18-7-6-17-22-8-9-27(17)24-18/h6-9,15-16,20,23,29H,10-14H2,1-5H3/t16-,20?/m0/s1. The smallest absolute Gasteiger partial charge is 0.239 e. The summed E-state index contributed by atoms with van der Waals surface area (Å²) in [6, 6.07) is 3.41. The van der Waals surface area contributed by atoms with Crippen LogP contribution in [0.1, 0.15) is 41.0 Å². The van der Waals surface area contributed by atoms with Gasteiger partial charge < -0.3 is 19.6 Å². The Balaban J connectivity index is 1.60. The van der Waals surface area contributed by atoms with E-state index in [4.69, 9.17) is 4.74 Å². The maximum absolute atomic E-state index is 13.2. The molecule has 9 heteroatoms. The fourth-order valence-electron chi connectivity index (χ4n) is 3.60. The highest BCUT2D eigenvalue weighted by atomic mass is 16.6. The molecule has 3 rings (SSSR count). The van der Waals surface area contributed by atoms with E-state index in [0.717, 1.165) is 11.5 Å². The Morgan fingerprint density at radius 3 is 2.57 bits per heavy atom. The molecular formula is C21H34N6O3. The molecule has 0 saturated carbocycles. The van der Waals surface area contributed by atoms with Gasteiger partial charge in [-0.2, -0.15) is 0 Å². The zero-order chi connectivity index (χ0) is 21.9. The number of nitrogens with zero attached hydrogens (tertiary/aromatic N) is 5. The van der Waals surface area contributed by atoms with Gasteiger partial charge >= 0.3 is 0 Å². The number of piperazine rings is 1. The molecule has 0 bridgehead atoms. The van der Waals surface area contributed by atoms with Crippen LogP contribution >= 0.6 is 0 Å². The monoisotopic (exact) mass is 418 g/mol. The number of hydrogen-bond acceptors (Lipinski definition) is 7. The van der Waals surface area contributed by atoms with Crippen molar-refractivity contribution in [3.63, 3.8) is 0 Å². The first-order chi connectivity index (χ1) is 14.1. The molecule has 1 aliphatic heterocycles. The quantitative estimate of drug-likeness (QED) is 0.658. The summed E-state index contributed by atoms with van der Waals surface area (Å²) in [5.41, 5.74) is 0.304. The number of amides is 1. The largest absolute Gasteiger partial charge is 0.356 e. The van der Waals surface area contributed by atoms with Crippen LogP contribution in [0.5, 0.6) is 0 Å². The summed E-state index contributed by atoms with van der Waals surface area (Å²) in [6.07, 6.45) is 2.99. The number of aliphatic hydroxyl groups is 1. The first kappa shape index (κ1) is 22.5. The van der Waals surface area contributed by atoms with Crippen molar-refractivity contribution >= 4 is 17.4 Å². The molecule has 9 nitrogen and oxygen atoms in total. The molecule has 2 atom stereocenters. The molecule has 1 unspecified atom stereocenters. The maximum atomic E-state index is 13.2. The number of nitrogens with one attached hydrogen (secondary N) is 1. The lowest BCUT2D eigenvalue weighted by atomic mass is 10.0. The van der Waals surface area contributed by atoms with E-state index in [-0.39, 0.29) is 5.91 Å². The highest BCUT2D eigenvalue weighted by Crippen LogP contribution is 2.17. The Bertz CT molecular complexity index is 839. The molecule has 3 heterocycles. The lowest BCUT2D eigenvalue weighted by Crippen LogP contribution is -2.56. The van der Waals surface area contributed by atoms with E-state index in [1.54, 1.807) is 10.7 Å². The predicted molar refractivity (Wildman–Crippen MR) is 115 cm³/mol. The summed E-state index contributed by atoms with van der Waals surface area (Å²) < 4.78 is 7.30. The van der Waals surface area contributed by atoms with Gasteiger partial charge in [0.25, 0.3) is 0 Å². The predicted octanol–water partition coefficient (Wildman–Crippen LogP) is 1.47. The fraction of sp³-hybridized carbons (Fsp3) is 0.667. The lowest BCUT2D eigenvalue weighted by Gasteiger charge is -2.38. The summed E-state index contributed by atoms with van der Waals surface area (Å²) in [7, 11) is 0. The van der Waals surface area contributed by atoms with Crippen molar-refractivity contribution in [2.75, 3.05) is 31.1 Å². The second-order valence-electron chi connectivity index (χ2n) is 9.17. The van der Waals surface area contributed by atoms with Gasteiger partial charge in [-0.3, -0.25) is 10.1 Å². The van der Waals surface area contributed by atoms with Crippen LogP contribution in [0.25, 0.3) is 5.65 Å². The van der Waals surface area contributed by atoms with E-state index in [1.807, 2.05) is 44.0 Å². The minimum absolute atomic E-state index is 0.00192. The van der Waals surface area contributed by atoms with Gasteiger partial charge in [0.05, 0.1) is 11.6 Å². The number of carbonyl (C=O) groups is 1. The molecule has 30 heavy (non-hydrogen) atoms. The first-order valence-corrected chi connectivity index (χ1v) is 10.6. The van der Waals surface area contributed by atoms with E-state index in [1.165, 1.54) is 0 Å². The summed E-state index contributed by atoms with van der Waals surface area (Å²) in [6.45, 7) is 12.3. The Morgan fingerprint density at radius 1 is 1.23 bits per heavy atom. The molecule has 0 spiro atoms. The molecule has 2 aromatic rings. The molecule has 2 aromatic heterocycles. The van der Waals surface area contributed by atoms with Crippen molar-refractivity contribution < 1.29 is 14.6 Å². The van der Waals surface area contributed by atoms with Crippen molar-refractivity contribution in [2.24, 2.45) is 5.92 Å². The average molecular weight is 419 g/mol. The van der Waals surface area contributed by atoms with Gasteiger partial charge in [-0.05, 0) is 45.2 Å². The number of rotatable bonds is 7. The van der Waals surface area contributed by atoms with Crippen LogP contribution in [0.3, 0.4) is 0 Å². The van der Waals surface area contributed by atoms with Gasteiger partial charge in [0.2, 0.25) is 12.3 Å². The van der Waals surface area contributed by atoms with Gasteiger partial charge in [-0.1, -0.05) is 13.8 Å². The van der Waals surface area contributed by atoms with Crippen molar-refractivity contribution in [3.05, 3.63) is 24.5 Å². The minimum Gasteiger partial charge on any atom is -0.356 e. The summed E-state index contributed by atoms with van der Waals surface area (Å²) in [5.74, 6) is 1.18. The summed E-state index contributed by atoms with van der Waals surface area (Å²) in [5, 5.41) is 17.8. The van der Waals surface area contributed by atoms with Gasteiger partial charge in [0.1, 0.15) is 5.82 Å². The van der Waals surface area contributed by atoms with Crippen molar-refractivity contribution in [1.82, 2.24) is 24.8 Å². The number of aromatic nitrogens is 3. The molecule has 1 aliphatic rings. The highest BCUT2D eigenvalue weighted by molar-refractivity contribution is 5.82. The minimum atomic E-state index is -1.19. The van der Waals surface area contributed by atoms with Gasteiger partial charge in [-0.25, -0.2) is 9.50 Å². The lowest BCUT2D eigenvalue weighted by molar-refractivity contribution is -0.188. The molecular weight excluding hydrogens is 384 g/mol. The van der Waals surface area contributed by atoms with Crippen LogP contribution in [0, 0.1) is 5.92 Å². The van der Waals surface area contributed by atoms with Gasteiger partial charge in [0, 0.05) is 38.6 Å². The van der Waals surface area contributed by atoms with Crippen LogP contribution in [-0.2, 0) is 9.53 Å². The number of anilines is 1. The van der Waals surface area contributed by atoms with E-state index in [0.29, 0.717) is 38.5 Å². The Hall–Kier alpha value is -2.23. The molecule has 1 saturated heterocycles. The Kier molecular flexibility index (Phi) is 6.95. The number of hydrogen-bond donors (Lipinski definition) is 2. The van der Waals surface area contributed by atoms with Gasteiger partial charge in [-0.15, -0.1) is 5.10 Å². The van der Waals surface area contributed by atoms with E-state index >= 15 is 0 Å². The normalized spacial score (nSPS) is 17.6. The van der Waals surface area contributed by atoms with Crippen LogP contribution in [0.4, 0.5) is 5.82 Å². The van der Waals surface area contributed by atoms with E-state index in [9.17, 15) is 9.90 Å². The second kappa shape index (κ2) is 9.28. The first-order valence-electron chi connectivity index (χ1n) is 10.6. The van der Waals surface area contributed by atoms with E-state index < -0.39 is 18.1 Å². The third kappa shape index (κ3) is 5.90. The average Bonchev–Trinajstić information content (AvgIpc) is 3.13. The highest BCUT2D eigenvalue weighted by Gasteiger charge is 2.30. The van der Waals surface area contributed by atoms with Crippen LogP contribution in [0.15, 0.2) is 24.5 Å². The van der Waals surface area contributed by atoms with Gasteiger partial charge in [0.15, 0.2) is 5.65 Å². The van der Waals surface area contributed by atoms with Crippen LogP contribution in [-0.4, -0.2) is 74.7 Å². The molecule has 0 radical (unpaired) electrons. The SMILES string of the molecule is CC(C)C[C@H](NC(O)OC(C)(C)C)C(=O)N1CCN(c2ccc3nccn3n2)CC1. The van der Waals surface area contributed by atoms with E-state index in [2.05, 4.69) is 34.1 Å². The number of ether oxygens (including phenoxy) is 1. The fourth-order valence-corrected chi connectivity index (χ4v) is 3.60. The molecule has 0 aromatic carbocycles. The number of aliphatic hydroxyl groups excluding tert-OH is 1. The molecule has 166 valence electrons. The topological polar surface area (TPSA) is 95.2 Å². The zero-order valence-electron chi connectivity index (χ0n) is 18.6. The Morgan fingerprint density at radius 2 is 1.93 bits per heavy atom. The number of carbonyl (C=O) groups excluding carboxylic acids is 1. The molecule has 1 fully saturated rings.